The quantitative estimate of drug-likeness (QED) is 0.838. The Hall–Kier alpha value is -1.92. The van der Waals surface area contributed by atoms with Gasteiger partial charge in [0.05, 0.1) is 19.8 Å². The molecule has 128 valence electrons. The largest absolute Gasteiger partial charge is 0.465 e. The molecule has 6 heteroatoms. The van der Waals surface area contributed by atoms with E-state index in [9.17, 15) is 0 Å². The second-order valence-electron chi connectivity index (χ2n) is 7.03. The molecule has 0 bridgehead atoms. The van der Waals surface area contributed by atoms with Gasteiger partial charge in [0, 0.05) is 36.3 Å². The van der Waals surface area contributed by atoms with Crippen LogP contribution in [-0.4, -0.2) is 47.8 Å². The number of hydrogen-bond acceptors (Lipinski definition) is 6. The summed E-state index contributed by atoms with van der Waals surface area (Å²) in [6.45, 7) is 8.84. The van der Waals surface area contributed by atoms with Crippen LogP contribution < -0.4 is 4.74 Å². The highest BCUT2D eigenvalue weighted by atomic mass is 16.5. The van der Waals surface area contributed by atoms with E-state index in [1.165, 1.54) is 0 Å². The smallest absolute Gasteiger partial charge is 0.316 e. The van der Waals surface area contributed by atoms with Crippen molar-refractivity contribution in [3.05, 3.63) is 41.6 Å². The summed E-state index contributed by atoms with van der Waals surface area (Å²) in [6, 6.07) is 6.40. The Morgan fingerprint density at radius 2 is 2.25 bits per heavy atom. The molecule has 0 spiro atoms. The maximum Gasteiger partial charge on any atom is 0.316 e. The van der Waals surface area contributed by atoms with E-state index >= 15 is 0 Å². The fourth-order valence-electron chi connectivity index (χ4n) is 3.76. The SMILES string of the molecule is Cc1ccnc(OC[C@]23COC[C@H]2CN(Cc2ccc(C)o2)C3)n1. The molecule has 0 aromatic carbocycles. The van der Waals surface area contributed by atoms with Crippen molar-refractivity contribution in [3.63, 3.8) is 0 Å². The first-order valence-corrected chi connectivity index (χ1v) is 8.41. The van der Waals surface area contributed by atoms with Crippen LogP contribution >= 0.6 is 0 Å². The highest BCUT2D eigenvalue weighted by Crippen LogP contribution is 2.42. The van der Waals surface area contributed by atoms with E-state index in [0.717, 1.165) is 50.1 Å². The van der Waals surface area contributed by atoms with Gasteiger partial charge in [0.1, 0.15) is 18.1 Å². The molecular formula is C18H23N3O3. The summed E-state index contributed by atoms with van der Waals surface area (Å²) in [5, 5.41) is 0. The molecule has 2 aliphatic heterocycles. The minimum atomic E-state index is 0.0226. The van der Waals surface area contributed by atoms with Gasteiger partial charge in [-0.05, 0) is 32.0 Å². The molecule has 0 N–H and O–H groups in total. The van der Waals surface area contributed by atoms with Gasteiger partial charge in [-0.1, -0.05) is 0 Å². The molecule has 0 radical (unpaired) electrons. The molecule has 2 aliphatic rings. The second kappa shape index (κ2) is 6.18. The average molecular weight is 329 g/mol. The third-order valence-electron chi connectivity index (χ3n) is 5.03. The monoisotopic (exact) mass is 329 g/mol. The Morgan fingerprint density at radius 3 is 3.04 bits per heavy atom. The normalized spacial score (nSPS) is 26.7. The highest BCUT2D eigenvalue weighted by Gasteiger charge is 2.51. The van der Waals surface area contributed by atoms with Gasteiger partial charge in [0.15, 0.2) is 0 Å². The van der Waals surface area contributed by atoms with Crippen LogP contribution in [0.3, 0.4) is 0 Å². The molecule has 4 heterocycles. The summed E-state index contributed by atoms with van der Waals surface area (Å²) in [7, 11) is 0. The summed E-state index contributed by atoms with van der Waals surface area (Å²) < 4.78 is 17.4. The zero-order valence-corrected chi connectivity index (χ0v) is 14.2. The first-order valence-electron chi connectivity index (χ1n) is 8.41. The zero-order valence-electron chi connectivity index (χ0n) is 14.2. The van der Waals surface area contributed by atoms with Gasteiger partial charge in [0.25, 0.3) is 0 Å². The first-order chi connectivity index (χ1) is 11.6. The Balaban J connectivity index is 1.42. The van der Waals surface area contributed by atoms with Crippen LogP contribution in [0.2, 0.25) is 0 Å². The summed E-state index contributed by atoms with van der Waals surface area (Å²) in [5.74, 6) is 2.47. The van der Waals surface area contributed by atoms with Crippen LogP contribution in [0.4, 0.5) is 0 Å². The number of furan rings is 1. The van der Waals surface area contributed by atoms with Crippen LogP contribution in [0, 0.1) is 25.2 Å². The summed E-state index contributed by atoms with van der Waals surface area (Å²) in [5.41, 5.74) is 0.937. The second-order valence-corrected chi connectivity index (χ2v) is 7.03. The molecule has 2 aromatic heterocycles. The molecule has 2 saturated heterocycles. The summed E-state index contributed by atoms with van der Waals surface area (Å²) in [6.07, 6.45) is 1.73. The number of ether oxygens (including phenoxy) is 2. The standard InChI is InChI=1S/C18H23N3O3/c1-13-5-6-19-17(20-13)23-12-18-10-21(7-15(18)9-22-11-18)8-16-4-3-14(2)24-16/h3-6,15H,7-12H2,1-2H3/t15-,18+/m1/s1. The van der Waals surface area contributed by atoms with Gasteiger partial charge in [-0.25, -0.2) is 9.97 Å². The molecule has 0 aliphatic carbocycles. The van der Waals surface area contributed by atoms with Crippen LogP contribution in [-0.2, 0) is 11.3 Å². The Kier molecular flexibility index (Phi) is 4.02. The molecule has 0 saturated carbocycles. The molecule has 4 rings (SSSR count). The van der Waals surface area contributed by atoms with Crippen LogP contribution in [0.25, 0.3) is 0 Å². The Bertz CT molecular complexity index is 717. The van der Waals surface area contributed by atoms with Crippen LogP contribution in [0.5, 0.6) is 6.01 Å². The van der Waals surface area contributed by atoms with Gasteiger partial charge in [-0.15, -0.1) is 0 Å². The van der Waals surface area contributed by atoms with E-state index in [1.807, 2.05) is 26.0 Å². The lowest BCUT2D eigenvalue weighted by molar-refractivity contribution is 0.0846. The molecule has 0 amide bonds. The fourth-order valence-corrected chi connectivity index (χ4v) is 3.76. The van der Waals surface area contributed by atoms with Gasteiger partial charge < -0.3 is 13.9 Å². The van der Waals surface area contributed by atoms with Crippen molar-refractivity contribution in [2.24, 2.45) is 11.3 Å². The average Bonchev–Trinajstić information content (AvgIpc) is 3.20. The van der Waals surface area contributed by atoms with Crippen molar-refractivity contribution < 1.29 is 13.9 Å². The molecule has 6 nitrogen and oxygen atoms in total. The van der Waals surface area contributed by atoms with E-state index in [1.54, 1.807) is 6.20 Å². The minimum Gasteiger partial charge on any atom is -0.465 e. The number of aryl methyl sites for hydroxylation is 2. The maximum atomic E-state index is 5.93. The Morgan fingerprint density at radius 1 is 1.33 bits per heavy atom. The lowest BCUT2D eigenvalue weighted by Gasteiger charge is -2.26. The van der Waals surface area contributed by atoms with Crippen molar-refractivity contribution >= 4 is 0 Å². The first kappa shape index (κ1) is 15.6. The number of hydrogen-bond donors (Lipinski definition) is 0. The minimum absolute atomic E-state index is 0.0226. The van der Waals surface area contributed by atoms with Crippen molar-refractivity contribution in [1.29, 1.82) is 0 Å². The molecule has 24 heavy (non-hydrogen) atoms. The lowest BCUT2D eigenvalue weighted by Crippen LogP contribution is -2.37. The van der Waals surface area contributed by atoms with E-state index in [4.69, 9.17) is 13.9 Å². The highest BCUT2D eigenvalue weighted by molar-refractivity contribution is 5.08. The third-order valence-corrected chi connectivity index (χ3v) is 5.03. The third kappa shape index (κ3) is 3.03. The number of nitrogens with zero attached hydrogens (tertiary/aromatic N) is 3. The number of rotatable bonds is 5. The Labute approximate surface area is 141 Å². The molecule has 2 fully saturated rings. The molecular weight excluding hydrogens is 306 g/mol. The molecule has 2 aromatic rings. The molecule has 0 unspecified atom stereocenters. The van der Waals surface area contributed by atoms with Gasteiger partial charge >= 0.3 is 6.01 Å². The summed E-state index contributed by atoms with van der Waals surface area (Å²) >= 11 is 0. The predicted molar refractivity (Wildman–Crippen MR) is 87.7 cm³/mol. The van der Waals surface area contributed by atoms with Crippen molar-refractivity contribution in [2.45, 2.75) is 20.4 Å². The fraction of sp³-hybridized carbons (Fsp3) is 0.556. The van der Waals surface area contributed by atoms with E-state index < -0.39 is 0 Å². The zero-order chi connectivity index (χ0) is 16.6. The van der Waals surface area contributed by atoms with Crippen LogP contribution in [0.1, 0.15) is 17.2 Å². The van der Waals surface area contributed by atoms with E-state index in [2.05, 4.69) is 20.9 Å². The van der Waals surface area contributed by atoms with Gasteiger partial charge in [0.2, 0.25) is 0 Å². The van der Waals surface area contributed by atoms with Crippen molar-refractivity contribution in [3.8, 4) is 6.01 Å². The molecule has 2 atom stereocenters. The van der Waals surface area contributed by atoms with Crippen molar-refractivity contribution in [1.82, 2.24) is 14.9 Å². The number of likely N-dealkylation sites (tertiary alicyclic amines) is 1. The summed E-state index contributed by atoms with van der Waals surface area (Å²) in [4.78, 5) is 11.0. The van der Waals surface area contributed by atoms with E-state index in [-0.39, 0.29) is 5.41 Å². The number of fused-ring (bicyclic) bond motifs is 1. The van der Waals surface area contributed by atoms with Crippen LogP contribution in [0.15, 0.2) is 28.8 Å². The van der Waals surface area contributed by atoms with Crippen molar-refractivity contribution in [2.75, 3.05) is 32.9 Å². The van der Waals surface area contributed by atoms with Gasteiger partial charge in [-0.2, -0.15) is 0 Å². The predicted octanol–water partition coefficient (Wildman–Crippen LogP) is 2.21. The van der Waals surface area contributed by atoms with Gasteiger partial charge in [-0.3, -0.25) is 4.90 Å². The maximum absolute atomic E-state index is 5.93. The van der Waals surface area contributed by atoms with E-state index in [0.29, 0.717) is 18.5 Å². The number of aromatic nitrogens is 2. The topological polar surface area (TPSA) is 60.6 Å². The lowest BCUT2D eigenvalue weighted by atomic mass is 9.82.